The highest BCUT2D eigenvalue weighted by Gasteiger charge is 2.21. The molecule has 3 rings (SSSR count). The van der Waals surface area contributed by atoms with Gasteiger partial charge in [0.2, 0.25) is 0 Å². The van der Waals surface area contributed by atoms with Gasteiger partial charge in [-0.2, -0.15) is 0 Å². The fraction of sp³-hybridized carbons (Fsp3) is 0.278. The van der Waals surface area contributed by atoms with Gasteiger partial charge in [-0.15, -0.1) is 0 Å². The lowest BCUT2D eigenvalue weighted by molar-refractivity contribution is 0.0787. The molecule has 0 unspecified atom stereocenters. The number of halogens is 1. The van der Waals surface area contributed by atoms with Crippen molar-refractivity contribution >= 4 is 23.4 Å². The van der Waals surface area contributed by atoms with Gasteiger partial charge in [0.1, 0.15) is 5.69 Å². The quantitative estimate of drug-likeness (QED) is 0.928. The van der Waals surface area contributed by atoms with Gasteiger partial charge in [-0.25, -0.2) is 0 Å². The molecule has 5 nitrogen and oxygen atoms in total. The van der Waals surface area contributed by atoms with E-state index in [0.717, 1.165) is 31.5 Å². The molecular weight excluding hydrogens is 326 g/mol. The van der Waals surface area contributed by atoms with Gasteiger partial charge < -0.3 is 10.2 Å². The van der Waals surface area contributed by atoms with Crippen LogP contribution in [0.1, 0.15) is 39.3 Å². The summed E-state index contributed by atoms with van der Waals surface area (Å²) in [6, 6.07) is 10.5. The van der Waals surface area contributed by atoms with E-state index in [4.69, 9.17) is 11.6 Å². The number of rotatable bonds is 4. The molecule has 0 atom stereocenters. The fourth-order valence-corrected chi connectivity index (χ4v) is 2.89. The van der Waals surface area contributed by atoms with Crippen LogP contribution in [0.25, 0.3) is 0 Å². The number of amides is 2. The Hall–Kier alpha value is -2.40. The van der Waals surface area contributed by atoms with Crippen LogP contribution in [-0.4, -0.2) is 34.8 Å². The van der Waals surface area contributed by atoms with E-state index in [-0.39, 0.29) is 11.8 Å². The number of likely N-dealkylation sites (tertiary alicyclic amines) is 1. The summed E-state index contributed by atoms with van der Waals surface area (Å²) in [5.41, 5.74) is 1.57. The highest BCUT2D eigenvalue weighted by atomic mass is 35.5. The van der Waals surface area contributed by atoms with E-state index in [0.29, 0.717) is 22.8 Å². The van der Waals surface area contributed by atoms with Crippen LogP contribution in [0.2, 0.25) is 5.02 Å². The molecule has 124 valence electrons. The second-order valence-corrected chi connectivity index (χ2v) is 6.11. The topological polar surface area (TPSA) is 62.3 Å². The molecule has 1 aliphatic rings. The monoisotopic (exact) mass is 343 g/mol. The molecule has 0 spiro atoms. The van der Waals surface area contributed by atoms with E-state index < -0.39 is 0 Å². The van der Waals surface area contributed by atoms with Crippen LogP contribution < -0.4 is 5.32 Å². The van der Waals surface area contributed by atoms with E-state index in [1.165, 1.54) is 6.20 Å². The third-order valence-electron chi connectivity index (χ3n) is 4.03. The maximum Gasteiger partial charge on any atom is 0.272 e. The van der Waals surface area contributed by atoms with Gasteiger partial charge in [0.05, 0.1) is 0 Å². The molecule has 1 aliphatic heterocycles. The van der Waals surface area contributed by atoms with Crippen LogP contribution in [0.3, 0.4) is 0 Å². The number of carbonyl (C=O) groups is 2. The van der Waals surface area contributed by atoms with Gasteiger partial charge in [-0.3, -0.25) is 14.6 Å². The molecule has 0 saturated carbocycles. The molecule has 1 aromatic heterocycles. The minimum Gasteiger partial charge on any atom is -0.348 e. The van der Waals surface area contributed by atoms with Crippen molar-refractivity contribution in [1.82, 2.24) is 15.2 Å². The predicted molar refractivity (Wildman–Crippen MR) is 92.0 cm³/mol. The summed E-state index contributed by atoms with van der Waals surface area (Å²) in [6.45, 7) is 1.84. The number of hydrogen-bond donors (Lipinski definition) is 1. The number of nitrogens with one attached hydrogen (secondary N) is 1. The summed E-state index contributed by atoms with van der Waals surface area (Å²) in [5.74, 6) is -0.374. The molecule has 2 heterocycles. The Morgan fingerprint density at radius 3 is 2.67 bits per heavy atom. The van der Waals surface area contributed by atoms with Crippen molar-refractivity contribution in [2.75, 3.05) is 13.1 Å². The molecule has 6 heteroatoms. The van der Waals surface area contributed by atoms with Crippen LogP contribution in [0.4, 0.5) is 0 Å². The minimum absolute atomic E-state index is 0.117. The summed E-state index contributed by atoms with van der Waals surface area (Å²) in [5, 5.41) is 3.42. The summed E-state index contributed by atoms with van der Waals surface area (Å²) in [6.07, 6.45) is 3.53. The van der Waals surface area contributed by atoms with Crippen molar-refractivity contribution in [3.05, 3.63) is 64.4 Å². The molecule has 1 N–H and O–H groups in total. The van der Waals surface area contributed by atoms with Gasteiger partial charge in [0.25, 0.3) is 11.8 Å². The number of carbonyl (C=O) groups excluding carboxylic acids is 2. The molecule has 2 aromatic rings. The van der Waals surface area contributed by atoms with Crippen LogP contribution in [0, 0.1) is 0 Å². The van der Waals surface area contributed by atoms with Gasteiger partial charge in [-0.1, -0.05) is 29.8 Å². The normalized spacial score (nSPS) is 13.8. The zero-order chi connectivity index (χ0) is 16.9. The fourth-order valence-electron chi connectivity index (χ4n) is 2.69. The number of nitrogens with zero attached hydrogens (tertiary/aromatic N) is 2. The van der Waals surface area contributed by atoms with Crippen molar-refractivity contribution < 1.29 is 9.59 Å². The van der Waals surface area contributed by atoms with E-state index in [9.17, 15) is 9.59 Å². The molecule has 0 aliphatic carbocycles. The Kier molecular flexibility index (Phi) is 5.11. The molecule has 1 saturated heterocycles. The number of benzene rings is 1. The second-order valence-electron chi connectivity index (χ2n) is 5.70. The Balaban J connectivity index is 1.68. The molecular formula is C18H18ClN3O2. The van der Waals surface area contributed by atoms with Gasteiger partial charge in [-0.05, 0) is 36.6 Å². The van der Waals surface area contributed by atoms with Crippen molar-refractivity contribution in [2.45, 2.75) is 19.4 Å². The molecule has 0 bridgehead atoms. The van der Waals surface area contributed by atoms with Crippen LogP contribution in [0.15, 0.2) is 42.6 Å². The van der Waals surface area contributed by atoms with E-state index in [2.05, 4.69) is 10.3 Å². The smallest absolute Gasteiger partial charge is 0.272 e. The average Bonchev–Trinajstić information content (AvgIpc) is 3.15. The second kappa shape index (κ2) is 7.45. The van der Waals surface area contributed by atoms with E-state index in [1.54, 1.807) is 23.1 Å². The minimum atomic E-state index is -0.257. The van der Waals surface area contributed by atoms with Crippen LogP contribution in [0.5, 0.6) is 0 Å². The first-order valence-electron chi connectivity index (χ1n) is 7.92. The summed E-state index contributed by atoms with van der Waals surface area (Å²) in [7, 11) is 0. The van der Waals surface area contributed by atoms with Crippen molar-refractivity contribution in [3.63, 3.8) is 0 Å². The zero-order valence-corrected chi connectivity index (χ0v) is 13.9. The molecule has 2 amide bonds. The van der Waals surface area contributed by atoms with E-state index >= 15 is 0 Å². The largest absolute Gasteiger partial charge is 0.348 e. The number of aromatic nitrogens is 1. The molecule has 1 fully saturated rings. The van der Waals surface area contributed by atoms with Crippen LogP contribution >= 0.6 is 11.6 Å². The van der Waals surface area contributed by atoms with Gasteiger partial charge in [0.15, 0.2) is 0 Å². The lowest BCUT2D eigenvalue weighted by atomic mass is 10.2. The van der Waals surface area contributed by atoms with Gasteiger partial charge >= 0.3 is 0 Å². The lowest BCUT2D eigenvalue weighted by Gasteiger charge is -2.14. The third-order valence-corrected chi connectivity index (χ3v) is 4.40. The Bertz CT molecular complexity index is 757. The predicted octanol–water partition coefficient (Wildman–Crippen LogP) is 2.90. The first-order chi connectivity index (χ1) is 11.6. The maximum absolute atomic E-state index is 12.4. The highest BCUT2D eigenvalue weighted by molar-refractivity contribution is 6.31. The molecule has 0 radical (unpaired) electrons. The first-order valence-corrected chi connectivity index (χ1v) is 8.30. The number of hydrogen-bond acceptors (Lipinski definition) is 3. The van der Waals surface area contributed by atoms with Crippen molar-refractivity contribution in [1.29, 1.82) is 0 Å². The Morgan fingerprint density at radius 2 is 1.92 bits per heavy atom. The first kappa shape index (κ1) is 16.5. The molecule has 24 heavy (non-hydrogen) atoms. The molecule has 1 aromatic carbocycles. The Labute approximate surface area is 145 Å². The zero-order valence-electron chi connectivity index (χ0n) is 13.2. The van der Waals surface area contributed by atoms with Crippen LogP contribution in [-0.2, 0) is 6.54 Å². The maximum atomic E-state index is 12.4. The van der Waals surface area contributed by atoms with Gasteiger partial charge in [0, 0.05) is 36.4 Å². The van der Waals surface area contributed by atoms with Crippen molar-refractivity contribution in [3.8, 4) is 0 Å². The third kappa shape index (κ3) is 3.74. The highest BCUT2D eigenvalue weighted by Crippen LogP contribution is 2.15. The number of pyridine rings is 1. The SMILES string of the molecule is O=C(NCc1ccccc1Cl)c1ccnc(C(=O)N2CCCC2)c1. The summed E-state index contributed by atoms with van der Waals surface area (Å²) >= 11 is 6.08. The lowest BCUT2D eigenvalue weighted by Crippen LogP contribution is -2.29. The summed E-state index contributed by atoms with van der Waals surface area (Å²) in [4.78, 5) is 30.6. The summed E-state index contributed by atoms with van der Waals surface area (Å²) < 4.78 is 0. The van der Waals surface area contributed by atoms with Crippen molar-refractivity contribution in [2.24, 2.45) is 0 Å². The average molecular weight is 344 g/mol. The Morgan fingerprint density at radius 1 is 1.17 bits per heavy atom. The standard InChI is InChI=1S/C18H18ClN3O2/c19-15-6-2-1-5-14(15)12-21-17(23)13-7-8-20-16(11-13)18(24)22-9-3-4-10-22/h1-2,5-8,11H,3-4,9-10,12H2,(H,21,23). The van der Waals surface area contributed by atoms with E-state index in [1.807, 2.05) is 18.2 Å².